The second-order valence-corrected chi connectivity index (χ2v) is 13.4. The van der Waals surface area contributed by atoms with Gasteiger partial charge in [0.2, 0.25) is 5.91 Å². The van der Waals surface area contributed by atoms with Gasteiger partial charge in [-0.25, -0.2) is 0 Å². The molecule has 5 nitrogen and oxygen atoms in total. The molecule has 0 aliphatic heterocycles. The molecule has 1 aromatic carbocycles. The molecule has 8 heteroatoms. The number of amides is 2. The average Bonchev–Trinajstić information content (AvgIpc) is 3.00. The minimum absolute atomic E-state index is 0.0744. The zero-order chi connectivity index (χ0) is 32.1. The van der Waals surface area contributed by atoms with E-state index in [2.05, 4.69) is 90.5 Å². The molecule has 1 aromatic rings. The van der Waals surface area contributed by atoms with Gasteiger partial charge in [-0.2, -0.15) is 0 Å². The first-order valence-electron chi connectivity index (χ1n) is 15.5. The standard InChI is InChI=1S/C36H51ClN2O3S2/c1-4-5-6-7-8-9-10-11-12-13-14-15-16-17-18-19-20-21-22-23-34(40)38-28-30-43-44-31-29-39-35(41)36(2,3)42-33-26-24-32(37)25-27-33/h5-6,8-9,11-12,14-15,17-18,20-21,24-27H,4,7,10,13,16,19,22-23,28-31H2,1-3H3,(H,38,40)(H,39,41). The van der Waals surface area contributed by atoms with Gasteiger partial charge in [0.1, 0.15) is 5.75 Å². The monoisotopic (exact) mass is 658 g/mol. The SMILES string of the molecule is CCC=CCC=CCC=CCC=CCC=CCC=CCCC(=O)NCCSSCCNC(=O)C(C)(C)Oc1ccc(Cl)cc1. The molecule has 0 aromatic heterocycles. The number of ether oxygens (including phenoxy) is 1. The Morgan fingerprint density at radius 2 is 1.18 bits per heavy atom. The Bertz CT molecular complexity index is 1090. The number of carbonyl (C=O) groups excluding carboxylic acids is 2. The maximum Gasteiger partial charge on any atom is 0.263 e. The summed E-state index contributed by atoms with van der Waals surface area (Å²) in [6.07, 6.45) is 33.3. The van der Waals surface area contributed by atoms with Crippen molar-refractivity contribution in [1.29, 1.82) is 0 Å². The predicted molar refractivity (Wildman–Crippen MR) is 195 cm³/mol. The summed E-state index contributed by atoms with van der Waals surface area (Å²) in [6.45, 7) is 6.81. The maximum atomic E-state index is 12.5. The Balaban J connectivity index is 1.96. The molecule has 0 radical (unpaired) electrons. The second-order valence-electron chi connectivity index (χ2n) is 10.3. The molecule has 2 N–H and O–H groups in total. The van der Waals surface area contributed by atoms with Crippen LogP contribution < -0.4 is 15.4 Å². The molecule has 0 aliphatic carbocycles. The van der Waals surface area contributed by atoms with E-state index in [1.165, 1.54) is 0 Å². The summed E-state index contributed by atoms with van der Waals surface area (Å²) in [5.41, 5.74) is -0.985. The Kier molecular flexibility index (Phi) is 24.0. The van der Waals surface area contributed by atoms with Crippen LogP contribution in [0.15, 0.2) is 97.2 Å². The summed E-state index contributed by atoms with van der Waals surface area (Å²) in [4.78, 5) is 24.5. The van der Waals surface area contributed by atoms with Crippen LogP contribution in [0.25, 0.3) is 0 Å². The van der Waals surface area contributed by atoms with Gasteiger partial charge in [-0.3, -0.25) is 9.59 Å². The molecule has 0 unspecified atom stereocenters. The lowest BCUT2D eigenvalue weighted by Gasteiger charge is -2.25. The van der Waals surface area contributed by atoms with Crippen molar-refractivity contribution in [3.05, 3.63) is 102 Å². The van der Waals surface area contributed by atoms with E-state index in [1.54, 1.807) is 59.7 Å². The first-order valence-corrected chi connectivity index (χ1v) is 18.4. The number of rotatable bonds is 24. The molecule has 2 amide bonds. The van der Waals surface area contributed by atoms with Crippen molar-refractivity contribution in [3.8, 4) is 5.75 Å². The lowest BCUT2D eigenvalue weighted by Crippen LogP contribution is -2.47. The number of hydrogen-bond donors (Lipinski definition) is 2. The zero-order valence-electron chi connectivity index (χ0n) is 26.6. The molecule has 0 aliphatic rings. The van der Waals surface area contributed by atoms with Gasteiger partial charge in [-0.05, 0) is 83.1 Å². The van der Waals surface area contributed by atoms with Crippen molar-refractivity contribution < 1.29 is 14.3 Å². The van der Waals surface area contributed by atoms with Crippen LogP contribution in [0.1, 0.15) is 72.1 Å². The number of benzene rings is 1. The van der Waals surface area contributed by atoms with Crippen LogP contribution in [0.3, 0.4) is 0 Å². The quantitative estimate of drug-likeness (QED) is 0.0658. The summed E-state index contributed by atoms with van der Waals surface area (Å²) >= 11 is 5.90. The normalized spacial score (nSPS) is 12.5. The molecule has 0 spiro atoms. The Morgan fingerprint density at radius 3 is 1.68 bits per heavy atom. The van der Waals surface area contributed by atoms with E-state index in [0.717, 1.165) is 56.5 Å². The zero-order valence-corrected chi connectivity index (χ0v) is 29.0. The van der Waals surface area contributed by atoms with Crippen LogP contribution in [-0.4, -0.2) is 42.0 Å². The van der Waals surface area contributed by atoms with E-state index < -0.39 is 5.60 Å². The van der Waals surface area contributed by atoms with Gasteiger partial charge in [0.25, 0.3) is 5.91 Å². The van der Waals surface area contributed by atoms with Gasteiger partial charge >= 0.3 is 0 Å². The van der Waals surface area contributed by atoms with Gasteiger partial charge in [-0.15, -0.1) is 0 Å². The number of nitrogens with one attached hydrogen (secondary N) is 2. The Morgan fingerprint density at radius 1 is 0.727 bits per heavy atom. The topological polar surface area (TPSA) is 67.4 Å². The van der Waals surface area contributed by atoms with E-state index >= 15 is 0 Å². The number of carbonyl (C=O) groups is 2. The molecular weight excluding hydrogens is 608 g/mol. The molecule has 0 saturated carbocycles. The third-order valence-electron chi connectivity index (χ3n) is 5.93. The van der Waals surface area contributed by atoms with Gasteiger partial charge < -0.3 is 15.4 Å². The third-order valence-corrected chi connectivity index (χ3v) is 8.59. The summed E-state index contributed by atoms with van der Waals surface area (Å²) in [6, 6.07) is 6.95. The second kappa shape index (κ2) is 26.8. The van der Waals surface area contributed by atoms with Crippen molar-refractivity contribution in [1.82, 2.24) is 10.6 Å². The molecule has 44 heavy (non-hydrogen) atoms. The van der Waals surface area contributed by atoms with Crippen molar-refractivity contribution in [2.75, 3.05) is 24.6 Å². The molecule has 1 rings (SSSR count). The van der Waals surface area contributed by atoms with Crippen LogP contribution in [-0.2, 0) is 9.59 Å². The average molecular weight is 659 g/mol. The fraction of sp³-hybridized carbons (Fsp3) is 0.444. The smallest absolute Gasteiger partial charge is 0.263 e. The van der Waals surface area contributed by atoms with Crippen molar-refractivity contribution >= 4 is 45.0 Å². The molecule has 242 valence electrons. The van der Waals surface area contributed by atoms with E-state index in [9.17, 15) is 9.59 Å². The predicted octanol–water partition coefficient (Wildman–Crippen LogP) is 9.59. The first-order chi connectivity index (χ1) is 21.3. The molecule has 0 heterocycles. The van der Waals surface area contributed by atoms with Crippen LogP contribution >= 0.6 is 33.2 Å². The van der Waals surface area contributed by atoms with Crippen molar-refractivity contribution in [2.45, 2.75) is 77.7 Å². The summed E-state index contributed by atoms with van der Waals surface area (Å²) < 4.78 is 5.81. The highest BCUT2D eigenvalue weighted by molar-refractivity contribution is 8.76. The van der Waals surface area contributed by atoms with Gasteiger partial charge in [-0.1, -0.05) is 113 Å². The Labute approximate surface area is 279 Å². The van der Waals surface area contributed by atoms with E-state index in [-0.39, 0.29) is 11.8 Å². The van der Waals surface area contributed by atoms with Gasteiger partial charge in [0.15, 0.2) is 5.60 Å². The summed E-state index contributed by atoms with van der Waals surface area (Å²) in [5, 5.41) is 6.50. The van der Waals surface area contributed by atoms with Crippen LogP contribution in [0.2, 0.25) is 5.02 Å². The van der Waals surface area contributed by atoms with Crippen molar-refractivity contribution in [3.63, 3.8) is 0 Å². The Hall–Kier alpha value is -2.61. The number of hydrogen-bond acceptors (Lipinski definition) is 5. The maximum absolute atomic E-state index is 12.5. The van der Waals surface area contributed by atoms with Crippen molar-refractivity contribution in [2.24, 2.45) is 0 Å². The minimum atomic E-state index is -0.985. The molecular formula is C36H51ClN2O3S2. The fourth-order valence-electron chi connectivity index (χ4n) is 3.56. The van der Waals surface area contributed by atoms with E-state index in [1.807, 2.05) is 0 Å². The summed E-state index contributed by atoms with van der Waals surface area (Å²) in [5.74, 6) is 2.08. The number of halogens is 1. The lowest BCUT2D eigenvalue weighted by atomic mass is 10.1. The van der Waals surface area contributed by atoms with Crippen LogP contribution in [0.5, 0.6) is 5.75 Å². The van der Waals surface area contributed by atoms with Gasteiger partial charge in [0.05, 0.1) is 0 Å². The summed E-state index contributed by atoms with van der Waals surface area (Å²) in [7, 11) is 3.35. The highest BCUT2D eigenvalue weighted by Gasteiger charge is 2.29. The third kappa shape index (κ3) is 22.9. The first kappa shape index (κ1) is 39.4. The van der Waals surface area contributed by atoms with E-state index in [4.69, 9.17) is 16.3 Å². The lowest BCUT2D eigenvalue weighted by molar-refractivity contribution is -0.134. The number of allylic oxidation sites excluding steroid dienone is 12. The van der Waals surface area contributed by atoms with Gasteiger partial charge in [0, 0.05) is 36.0 Å². The molecule has 0 atom stereocenters. The van der Waals surface area contributed by atoms with Crippen LogP contribution in [0.4, 0.5) is 0 Å². The highest BCUT2D eigenvalue weighted by Crippen LogP contribution is 2.22. The fourth-order valence-corrected chi connectivity index (χ4v) is 5.49. The molecule has 0 saturated heterocycles. The van der Waals surface area contributed by atoms with Crippen LogP contribution in [0, 0.1) is 0 Å². The molecule has 0 fully saturated rings. The highest BCUT2D eigenvalue weighted by atomic mass is 35.5. The van der Waals surface area contributed by atoms with E-state index in [0.29, 0.717) is 30.3 Å². The molecule has 0 bridgehead atoms. The largest absolute Gasteiger partial charge is 0.478 e. The minimum Gasteiger partial charge on any atom is -0.478 e.